The summed E-state index contributed by atoms with van der Waals surface area (Å²) < 4.78 is 28.7. The molecule has 0 fully saturated rings. The van der Waals surface area contributed by atoms with Crippen LogP contribution in [0.15, 0.2) is 42.7 Å². The third kappa shape index (κ3) is 3.75. The van der Waals surface area contributed by atoms with Crippen LogP contribution in [0.1, 0.15) is 27.9 Å². The van der Waals surface area contributed by atoms with Crippen molar-refractivity contribution < 1.29 is 13.6 Å². The summed E-state index contributed by atoms with van der Waals surface area (Å²) in [6.07, 6.45) is 3.74. The van der Waals surface area contributed by atoms with Crippen LogP contribution in [0.25, 0.3) is 21.6 Å². The van der Waals surface area contributed by atoms with Crippen LogP contribution in [-0.2, 0) is 13.1 Å². The number of hydrogen-bond donors (Lipinski definition) is 1. The molecular weight excluding hydrogens is 394 g/mol. The predicted molar refractivity (Wildman–Crippen MR) is 109 cm³/mol. The summed E-state index contributed by atoms with van der Waals surface area (Å²) in [4.78, 5) is 22.1. The van der Waals surface area contributed by atoms with Crippen molar-refractivity contribution in [1.29, 1.82) is 0 Å². The molecule has 3 heterocycles. The summed E-state index contributed by atoms with van der Waals surface area (Å²) in [6.45, 7) is 4.61. The van der Waals surface area contributed by atoms with Gasteiger partial charge in [-0.1, -0.05) is 0 Å². The number of rotatable bonds is 5. The largest absolute Gasteiger partial charge is 0.347 e. The molecular formula is C21H18F2N4OS. The summed E-state index contributed by atoms with van der Waals surface area (Å²) in [5, 5.41) is 4.42. The first kappa shape index (κ1) is 19.2. The van der Waals surface area contributed by atoms with Gasteiger partial charge >= 0.3 is 0 Å². The maximum atomic E-state index is 13.3. The summed E-state index contributed by atoms with van der Waals surface area (Å²) >= 11 is 1.29. The fourth-order valence-electron chi connectivity index (χ4n) is 3.23. The van der Waals surface area contributed by atoms with Crippen LogP contribution >= 0.6 is 11.3 Å². The summed E-state index contributed by atoms with van der Waals surface area (Å²) in [5.74, 6) is -1.67. The third-order valence-corrected chi connectivity index (χ3v) is 5.77. The van der Waals surface area contributed by atoms with Crippen LogP contribution in [-0.4, -0.2) is 20.4 Å². The summed E-state index contributed by atoms with van der Waals surface area (Å²) in [6, 6.07) is 7.05. The maximum absolute atomic E-state index is 13.3. The number of halogens is 2. The number of amides is 1. The minimum atomic E-state index is -0.675. The fraction of sp³-hybridized carbons (Fsp3) is 0.190. The Balaban J connectivity index is 1.60. The second-order valence-electron chi connectivity index (χ2n) is 6.60. The number of aryl methyl sites for hydroxylation is 2. The SMILES string of the molecule is CCn1cc(-c2nc(C)c(C(=O)NCc3cc(F)cc(F)c3)s2)c2cccnc21. The van der Waals surface area contributed by atoms with Crippen LogP contribution in [0.5, 0.6) is 0 Å². The molecule has 0 aliphatic carbocycles. The van der Waals surface area contributed by atoms with Crippen LogP contribution in [0.3, 0.4) is 0 Å². The highest BCUT2D eigenvalue weighted by molar-refractivity contribution is 7.17. The number of carbonyl (C=O) groups is 1. The standard InChI is InChI=1S/C21H18F2N4OS/c1-3-27-11-17(16-5-4-6-24-19(16)27)21-26-12(2)18(29-21)20(28)25-10-13-7-14(22)9-15(23)8-13/h4-9,11H,3,10H2,1-2H3,(H,25,28). The number of thiazole rings is 1. The first-order valence-corrected chi connectivity index (χ1v) is 9.92. The lowest BCUT2D eigenvalue weighted by molar-refractivity contribution is 0.0954. The fourth-order valence-corrected chi connectivity index (χ4v) is 4.24. The van der Waals surface area contributed by atoms with Gasteiger partial charge in [0.1, 0.15) is 27.2 Å². The molecule has 0 radical (unpaired) electrons. The number of nitrogens with one attached hydrogen (secondary N) is 1. The number of aromatic nitrogens is 3. The van der Waals surface area contributed by atoms with Crippen LogP contribution in [0, 0.1) is 18.6 Å². The minimum absolute atomic E-state index is 0.0270. The average molecular weight is 412 g/mol. The Morgan fingerprint density at radius 2 is 2.00 bits per heavy atom. The molecule has 3 aromatic heterocycles. The molecule has 5 nitrogen and oxygen atoms in total. The Hall–Kier alpha value is -3.13. The lowest BCUT2D eigenvalue weighted by atomic mass is 10.2. The van der Waals surface area contributed by atoms with Crippen molar-refractivity contribution in [1.82, 2.24) is 19.9 Å². The van der Waals surface area contributed by atoms with Gasteiger partial charge in [-0.3, -0.25) is 4.79 Å². The van der Waals surface area contributed by atoms with Gasteiger partial charge in [0.15, 0.2) is 0 Å². The molecule has 0 unspecified atom stereocenters. The molecule has 29 heavy (non-hydrogen) atoms. The highest BCUT2D eigenvalue weighted by Gasteiger charge is 2.19. The summed E-state index contributed by atoms with van der Waals surface area (Å²) in [7, 11) is 0. The molecule has 1 N–H and O–H groups in total. The molecule has 0 saturated heterocycles. The van der Waals surface area contributed by atoms with Crippen LogP contribution < -0.4 is 5.32 Å². The lowest BCUT2D eigenvalue weighted by Gasteiger charge is -2.05. The zero-order valence-electron chi connectivity index (χ0n) is 15.9. The number of pyridine rings is 1. The van der Waals surface area contributed by atoms with E-state index in [4.69, 9.17) is 0 Å². The third-order valence-electron chi connectivity index (χ3n) is 4.58. The van der Waals surface area contributed by atoms with Crippen molar-refractivity contribution in [2.24, 2.45) is 0 Å². The zero-order valence-corrected chi connectivity index (χ0v) is 16.7. The molecule has 4 aromatic rings. The highest BCUT2D eigenvalue weighted by Crippen LogP contribution is 2.34. The molecule has 1 amide bonds. The second-order valence-corrected chi connectivity index (χ2v) is 7.60. The van der Waals surface area contributed by atoms with E-state index in [0.29, 0.717) is 16.1 Å². The molecule has 0 saturated carbocycles. The molecule has 0 bridgehead atoms. The first-order valence-electron chi connectivity index (χ1n) is 9.11. The van der Waals surface area contributed by atoms with Gasteiger partial charge in [-0.05, 0) is 43.7 Å². The Bertz CT molecular complexity index is 1190. The van der Waals surface area contributed by atoms with Crippen molar-refractivity contribution in [2.45, 2.75) is 26.9 Å². The smallest absolute Gasteiger partial charge is 0.263 e. The number of benzene rings is 1. The van der Waals surface area contributed by atoms with E-state index in [9.17, 15) is 13.6 Å². The number of fused-ring (bicyclic) bond motifs is 1. The van der Waals surface area contributed by atoms with Gasteiger partial charge < -0.3 is 9.88 Å². The number of hydrogen-bond acceptors (Lipinski definition) is 4. The van der Waals surface area contributed by atoms with E-state index in [1.807, 2.05) is 29.8 Å². The van der Waals surface area contributed by atoms with E-state index < -0.39 is 11.6 Å². The molecule has 4 rings (SSSR count). The highest BCUT2D eigenvalue weighted by atomic mass is 32.1. The van der Waals surface area contributed by atoms with Crippen molar-refractivity contribution in [3.63, 3.8) is 0 Å². The Kier molecular flexibility index (Phi) is 5.10. The molecule has 1 aromatic carbocycles. The van der Waals surface area contributed by atoms with Gasteiger partial charge in [0.2, 0.25) is 0 Å². The van der Waals surface area contributed by atoms with E-state index in [1.165, 1.54) is 23.5 Å². The summed E-state index contributed by atoms with van der Waals surface area (Å²) in [5.41, 5.74) is 2.76. The Labute approximate surface area is 170 Å². The predicted octanol–water partition coefficient (Wildman–Crippen LogP) is 4.70. The normalized spacial score (nSPS) is 11.2. The van der Waals surface area contributed by atoms with E-state index in [-0.39, 0.29) is 12.5 Å². The number of nitrogens with zero attached hydrogens (tertiary/aromatic N) is 3. The van der Waals surface area contributed by atoms with Crippen molar-refractivity contribution >= 4 is 28.3 Å². The van der Waals surface area contributed by atoms with Gasteiger partial charge in [0.25, 0.3) is 5.91 Å². The molecule has 8 heteroatoms. The average Bonchev–Trinajstić information content (AvgIpc) is 3.26. The molecule has 0 atom stereocenters. The van der Waals surface area contributed by atoms with Gasteiger partial charge in [-0.25, -0.2) is 18.7 Å². The maximum Gasteiger partial charge on any atom is 0.263 e. The lowest BCUT2D eigenvalue weighted by Crippen LogP contribution is -2.22. The van der Waals surface area contributed by atoms with Gasteiger partial charge in [0, 0.05) is 42.5 Å². The van der Waals surface area contributed by atoms with E-state index in [0.717, 1.165) is 34.2 Å². The molecule has 0 spiro atoms. The van der Waals surface area contributed by atoms with Crippen molar-refractivity contribution in [3.8, 4) is 10.6 Å². The van der Waals surface area contributed by atoms with E-state index in [2.05, 4.69) is 15.3 Å². The van der Waals surface area contributed by atoms with Crippen molar-refractivity contribution in [3.05, 3.63) is 70.5 Å². The van der Waals surface area contributed by atoms with Crippen LogP contribution in [0.2, 0.25) is 0 Å². The molecule has 0 aliphatic rings. The topological polar surface area (TPSA) is 59.8 Å². The van der Waals surface area contributed by atoms with E-state index >= 15 is 0 Å². The quantitative estimate of drug-likeness (QED) is 0.517. The van der Waals surface area contributed by atoms with Crippen molar-refractivity contribution in [2.75, 3.05) is 0 Å². The zero-order chi connectivity index (χ0) is 20.5. The van der Waals surface area contributed by atoms with E-state index in [1.54, 1.807) is 13.1 Å². The van der Waals surface area contributed by atoms with Gasteiger partial charge in [-0.2, -0.15) is 0 Å². The Morgan fingerprint density at radius 3 is 2.72 bits per heavy atom. The Morgan fingerprint density at radius 1 is 1.24 bits per heavy atom. The minimum Gasteiger partial charge on any atom is -0.347 e. The molecule has 0 aliphatic heterocycles. The van der Waals surface area contributed by atoms with Gasteiger partial charge in [0.05, 0.1) is 5.69 Å². The number of carbonyl (C=O) groups excluding carboxylic acids is 1. The van der Waals surface area contributed by atoms with Gasteiger partial charge in [-0.15, -0.1) is 11.3 Å². The monoisotopic (exact) mass is 412 g/mol. The first-order chi connectivity index (χ1) is 14.0. The van der Waals surface area contributed by atoms with Crippen LogP contribution in [0.4, 0.5) is 8.78 Å². The molecule has 148 valence electrons. The second kappa shape index (κ2) is 7.71.